The standard InChI is InChI=1S/C12H20N2O2S3/c1-3-13-9-11-10(2)8-12(18-11)19(15,16)14-4-6-17-7-5-14/h8,13H,3-7,9H2,1-2H3. The number of nitrogens with zero attached hydrogens (tertiary/aromatic N) is 1. The molecular formula is C12H20N2O2S3. The normalized spacial score (nSPS) is 17.8. The molecule has 2 heterocycles. The van der Waals surface area contributed by atoms with Gasteiger partial charge < -0.3 is 5.32 Å². The van der Waals surface area contributed by atoms with Crippen LogP contribution in [0.4, 0.5) is 0 Å². The number of sulfonamides is 1. The Hall–Kier alpha value is -0.0800. The molecule has 1 aliphatic heterocycles. The summed E-state index contributed by atoms with van der Waals surface area (Å²) in [6, 6.07) is 1.81. The summed E-state index contributed by atoms with van der Waals surface area (Å²) < 4.78 is 27.2. The highest BCUT2D eigenvalue weighted by atomic mass is 32.2. The Morgan fingerprint density at radius 3 is 2.68 bits per heavy atom. The van der Waals surface area contributed by atoms with E-state index in [2.05, 4.69) is 5.32 Å². The fourth-order valence-electron chi connectivity index (χ4n) is 1.94. The number of aryl methyl sites for hydroxylation is 1. The van der Waals surface area contributed by atoms with Crippen LogP contribution in [0.2, 0.25) is 0 Å². The molecule has 19 heavy (non-hydrogen) atoms. The number of thioether (sulfide) groups is 1. The van der Waals surface area contributed by atoms with Gasteiger partial charge in [0.25, 0.3) is 10.0 Å². The summed E-state index contributed by atoms with van der Waals surface area (Å²) >= 11 is 3.22. The molecular weight excluding hydrogens is 300 g/mol. The van der Waals surface area contributed by atoms with Crippen molar-refractivity contribution >= 4 is 33.1 Å². The van der Waals surface area contributed by atoms with E-state index in [0.29, 0.717) is 17.3 Å². The van der Waals surface area contributed by atoms with Crippen LogP contribution in [0.5, 0.6) is 0 Å². The second-order valence-corrected chi connectivity index (χ2v) is 8.99. The van der Waals surface area contributed by atoms with E-state index in [0.717, 1.165) is 35.0 Å². The maximum Gasteiger partial charge on any atom is 0.252 e. The second kappa shape index (κ2) is 6.58. The molecule has 108 valence electrons. The van der Waals surface area contributed by atoms with Gasteiger partial charge in [-0.05, 0) is 25.1 Å². The summed E-state index contributed by atoms with van der Waals surface area (Å²) in [5, 5.41) is 3.25. The van der Waals surface area contributed by atoms with Gasteiger partial charge in [0, 0.05) is 36.0 Å². The molecule has 1 N–H and O–H groups in total. The molecule has 1 saturated heterocycles. The maximum absolute atomic E-state index is 12.5. The summed E-state index contributed by atoms with van der Waals surface area (Å²) in [4.78, 5) is 1.12. The van der Waals surface area contributed by atoms with Crippen LogP contribution in [-0.2, 0) is 16.6 Å². The van der Waals surface area contributed by atoms with Crippen molar-refractivity contribution in [2.45, 2.75) is 24.6 Å². The molecule has 7 heteroatoms. The number of hydrogen-bond donors (Lipinski definition) is 1. The van der Waals surface area contributed by atoms with Crippen LogP contribution in [0.15, 0.2) is 10.3 Å². The average Bonchev–Trinajstić information content (AvgIpc) is 2.79. The number of hydrogen-bond acceptors (Lipinski definition) is 5. The predicted molar refractivity (Wildman–Crippen MR) is 82.5 cm³/mol. The highest BCUT2D eigenvalue weighted by Gasteiger charge is 2.28. The summed E-state index contributed by atoms with van der Waals surface area (Å²) in [6.45, 7) is 6.93. The minimum atomic E-state index is -3.28. The fraction of sp³-hybridized carbons (Fsp3) is 0.667. The van der Waals surface area contributed by atoms with Crippen molar-refractivity contribution in [3.8, 4) is 0 Å². The van der Waals surface area contributed by atoms with Gasteiger partial charge in [-0.1, -0.05) is 6.92 Å². The second-order valence-electron chi connectivity index (χ2n) is 4.47. The first-order valence-corrected chi connectivity index (χ1v) is 9.84. The molecule has 0 radical (unpaired) electrons. The lowest BCUT2D eigenvalue weighted by Crippen LogP contribution is -2.37. The van der Waals surface area contributed by atoms with Gasteiger partial charge in [-0.3, -0.25) is 0 Å². The van der Waals surface area contributed by atoms with Gasteiger partial charge in [0.1, 0.15) is 4.21 Å². The van der Waals surface area contributed by atoms with Crippen LogP contribution >= 0.6 is 23.1 Å². The Kier molecular flexibility index (Phi) is 5.30. The third-order valence-corrected chi connectivity index (χ3v) is 7.63. The number of rotatable bonds is 5. The summed E-state index contributed by atoms with van der Waals surface area (Å²) in [6.07, 6.45) is 0. The van der Waals surface area contributed by atoms with Crippen molar-refractivity contribution in [2.24, 2.45) is 0 Å². The van der Waals surface area contributed by atoms with E-state index in [1.165, 1.54) is 11.3 Å². The molecule has 0 atom stereocenters. The van der Waals surface area contributed by atoms with E-state index in [9.17, 15) is 8.42 Å². The molecule has 1 aromatic rings. The van der Waals surface area contributed by atoms with Crippen molar-refractivity contribution in [1.82, 2.24) is 9.62 Å². The molecule has 1 aliphatic rings. The first-order valence-electron chi connectivity index (χ1n) is 6.43. The molecule has 0 bridgehead atoms. The molecule has 0 aliphatic carbocycles. The zero-order valence-corrected chi connectivity index (χ0v) is 13.8. The predicted octanol–water partition coefficient (Wildman–Crippen LogP) is 1.90. The van der Waals surface area contributed by atoms with E-state index in [4.69, 9.17) is 0 Å². The highest BCUT2D eigenvalue weighted by molar-refractivity contribution is 7.99. The monoisotopic (exact) mass is 320 g/mol. The Bertz CT molecular complexity index is 519. The SMILES string of the molecule is CCNCc1sc(S(=O)(=O)N2CCSCC2)cc1C. The molecule has 0 amide bonds. The van der Waals surface area contributed by atoms with Gasteiger partial charge in [-0.15, -0.1) is 11.3 Å². The Labute approximate surface area is 123 Å². The van der Waals surface area contributed by atoms with Gasteiger partial charge in [0.15, 0.2) is 0 Å². The van der Waals surface area contributed by atoms with Crippen LogP contribution in [0.25, 0.3) is 0 Å². The van der Waals surface area contributed by atoms with Crippen LogP contribution < -0.4 is 5.32 Å². The fourth-order valence-corrected chi connectivity index (χ4v) is 6.23. The molecule has 0 spiro atoms. The van der Waals surface area contributed by atoms with Crippen LogP contribution in [0, 0.1) is 6.92 Å². The number of nitrogens with one attached hydrogen (secondary N) is 1. The minimum absolute atomic E-state index is 0.491. The van der Waals surface area contributed by atoms with Crippen LogP contribution in [0.3, 0.4) is 0 Å². The molecule has 0 saturated carbocycles. The summed E-state index contributed by atoms with van der Waals surface area (Å²) in [7, 11) is -3.28. The Morgan fingerprint density at radius 2 is 2.05 bits per heavy atom. The zero-order valence-electron chi connectivity index (χ0n) is 11.3. The van der Waals surface area contributed by atoms with Crippen LogP contribution in [0.1, 0.15) is 17.4 Å². The van der Waals surface area contributed by atoms with E-state index < -0.39 is 10.0 Å². The number of thiophene rings is 1. The van der Waals surface area contributed by atoms with Crippen molar-refractivity contribution < 1.29 is 8.42 Å². The zero-order chi connectivity index (χ0) is 13.9. The molecule has 4 nitrogen and oxygen atoms in total. The minimum Gasteiger partial charge on any atom is -0.312 e. The van der Waals surface area contributed by atoms with E-state index >= 15 is 0 Å². The summed E-state index contributed by atoms with van der Waals surface area (Å²) in [5.41, 5.74) is 1.07. The third-order valence-electron chi connectivity index (χ3n) is 3.10. The smallest absolute Gasteiger partial charge is 0.252 e. The molecule has 1 fully saturated rings. The quantitative estimate of drug-likeness (QED) is 0.900. The van der Waals surface area contributed by atoms with Crippen molar-refractivity contribution in [2.75, 3.05) is 31.1 Å². The molecule has 0 unspecified atom stereocenters. The largest absolute Gasteiger partial charge is 0.312 e. The highest BCUT2D eigenvalue weighted by Crippen LogP contribution is 2.29. The maximum atomic E-state index is 12.5. The Balaban J connectivity index is 2.20. The molecule has 2 rings (SSSR count). The molecule has 0 aromatic carbocycles. The van der Waals surface area contributed by atoms with Gasteiger partial charge in [-0.2, -0.15) is 16.1 Å². The van der Waals surface area contributed by atoms with Gasteiger partial charge in [0.05, 0.1) is 0 Å². The third kappa shape index (κ3) is 3.52. The van der Waals surface area contributed by atoms with Gasteiger partial charge in [-0.25, -0.2) is 8.42 Å². The van der Waals surface area contributed by atoms with E-state index in [-0.39, 0.29) is 0 Å². The Morgan fingerprint density at radius 1 is 1.37 bits per heavy atom. The average molecular weight is 321 g/mol. The summed E-state index contributed by atoms with van der Waals surface area (Å²) in [5.74, 6) is 1.79. The van der Waals surface area contributed by atoms with E-state index in [1.54, 1.807) is 4.31 Å². The topological polar surface area (TPSA) is 49.4 Å². The van der Waals surface area contributed by atoms with Gasteiger partial charge >= 0.3 is 0 Å². The van der Waals surface area contributed by atoms with E-state index in [1.807, 2.05) is 31.7 Å². The lowest BCUT2D eigenvalue weighted by Gasteiger charge is -2.24. The van der Waals surface area contributed by atoms with Crippen LogP contribution in [-0.4, -0.2) is 43.9 Å². The van der Waals surface area contributed by atoms with Gasteiger partial charge in [0.2, 0.25) is 0 Å². The first kappa shape index (κ1) is 15.3. The van der Waals surface area contributed by atoms with Crippen molar-refractivity contribution in [3.63, 3.8) is 0 Å². The van der Waals surface area contributed by atoms with Crippen molar-refractivity contribution in [3.05, 3.63) is 16.5 Å². The lowest BCUT2D eigenvalue weighted by atomic mass is 10.3. The lowest BCUT2D eigenvalue weighted by molar-refractivity contribution is 0.445. The van der Waals surface area contributed by atoms with Crippen molar-refractivity contribution in [1.29, 1.82) is 0 Å². The first-order chi connectivity index (χ1) is 9.05. The molecule has 1 aromatic heterocycles.